The standard InChI is InChI=1S/C13H18F2N2O4/c1-2-19-11-7-9(3-4-10(11)21-12(14)15)8-17-5-6-20-13(16)18/h3-4,7,12,17H,2,5-6,8H2,1H3,(H2,16,18). The van der Waals surface area contributed by atoms with Gasteiger partial charge >= 0.3 is 12.7 Å². The molecule has 21 heavy (non-hydrogen) atoms. The second-order valence-corrected chi connectivity index (χ2v) is 3.94. The van der Waals surface area contributed by atoms with Gasteiger partial charge in [0, 0.05) is 13.1 Å². The summed E-state index contributed by atoms with van der Waals surface area (Å²) >= 11 is 0. The van der Waals surface area contributed by atoms with Crippen molar-refractivity contribution in [1.82, 2.24) is 5.32 Å². The first-order chi connectivity index (χ1) is 10.0. The number of alkyl halides is 2. The van der Waals surface area contributed by atoms with Crippen molar-refractivity contribution in [3.63, 3.8) is 0 Å². The molecule has 6 nitrogen and oxygen atoms in total. The third-order valence-electron chi connectivity index (χ3n) is 2.38. The minimum absolute atomic E-state index is 0.00679. The first-order valence-electron chi connectivity index (χ1n) is 6.36. The van der Waals surface area contributed by atoms with Crippen molar-refractivity contribution < 1.29 is 27.8 Å². The van der Waals surface area contributed by atoms with Crippen LogP contribution in [0.25, 0.3) is 0 Å². The summed E-state index contributed by atoms with van der Waals surface area (Å²) in [5.41, 5.74) is 5.63. The number of ether oxygens (including phenoxy) is 3. The molecule has 0 spiro atoms. The van der Waals surface area contributed by atoms with E-state index in [9.17, 15) is 13.6 Å². The van der Waals surface area contributed by atoms with Crippen molar-refractivity contribution in [1.29, 1.82) is 0 Å². The summed E-state index contributed by atoms with van der Waals surface area (Å²) in [5, 5.41) is 3.01. The van der Waals surface area contributed by atoms with E-state index in [2.05, 4.69) is 14.8 Å². The number of nitrogens with one attached hydrogen (secondary N) is 1. The van der Waals surface area contributed by atoms with Crippen molar-refractivity contribution in [2.24, 2.45) is 5.73 Å². The zero-order valence-electron chi connectivity index (χ0n) is 11.6. The summed E-state index contributed by atoms with van der Waals surface area (Å²) in [7, 11) is 0. The van der Waals surface area contributed by atoms with Gasteiger partial charge in [-0.05, 0) is 24.6 Å². The van der Waals surface area contributed by atoms with Gasteiger partial charge in [0.2, 0.25) is 0 Å². The Kier molecular flexibility index (Phi) is 7.24. The molecule has 0 aliphatic heterocycles. The van der Waals surface area contributed by atoms with Crippen LogP contribution in [0.5, 0.6) is 11.5 Å². The molecule has 0 aromatic heterocycles. The number of primary amides is 1. The summed E-state index contributed by atoms with van der Waals surface area (Å²) in [6.07, 6.45) is -0.830. The highest BCUT2D eigenvalue weighted by molar-refractivity contribution is 5.64. The second kappa shape index (κ2) is 8.96. The SMILES string of the molecule is CCOc1cc(CNCCOC(N)=O)ccc1OC(F)F. The van der Waals surface area contributed by atoms with E-state index in [1.165, 1.54) is 6.07 Å². The van der Waals surface area contributed by atoms with Crippen LogP contribution in [0.2, 0.25) is 0 Å². The molecule has 1 aromatic carbocycles. The maximum Gasteiger partial charge on any atom is 0.404 e. The Balaban J connectivity index is 2.54. The van der Waals surface area contributed by atoms with Gasteiger partial charge in [-0.15, -0.1) is 0 Å². The normalized spacial score (nSPS) is 10.5. The van der Waals surface area contributed by atoms with Gasteiger partial charge in [-0.25, -0.2) is 4.79 Å². The van der Waals surface area contributed by atoms with Gasteiger partial charge in [0.05, 0.1) is 6.61 Å². The fraction of sp³-hybridized carbons (Fsp3) is 0.462. The van der Waals surface area contributed by atoms with E-state index in [1.807, 2.05) is 0 Å². The van der Waals surface area contributed by atoms with E-state index >= 15 is 0 Å². The molecule has 0 aliphatic rings. The predicted octanol–water partition coefficient (Wildman–Crippen LogP) is 1.87. The van der Waals surface area contributed by atoms with Crippen LogP contribution in [0.15, 0.2) is 18.2 Å². The van der Waals surface area contributed by atoms with Crippen molar-refractivity contribution in [2.75, 3.05) is 19.8 Å². The largest absolute Gasteiger partial charge is 0.490 e. The van der Waals surface area contributed by atoms with Crippen LogP contribution in [0, 0.1) is 0 Å². The summed E-state index contributed by atoms with van der Waals surface area (Å²) in [6, 6.07) is 4.68. The van der Waals surface area contributed by atoms with Crippen LogP contribution in [-0.2, 0) is 11.3 Å². The lowest BCUT2D eigenvalue weighted by Gasteiger charge is -2.13. The lowest BCUT2D eigenvalue weighted by Crippen LogP contribution is -2.23. The Hall–Kier alpha value is -2.09. The first-order valence-corrected chi connectivity index (χ1v) is 6.36. The smallest absolute Gasteiger partial charge is 0.404 e. The van der Waals surface area contributed by atoms with E-state index in [0.717, 1.165) is 5.56 Å². The van der Waals surface area contributed by atoms with Crippen LogP contribution < -0.4 is 20.5 Å². The third kappa shape index (κ3) is 6.75. The maximum atomic E-state index is 12.3. The summed E-state index contributed by atoms with van der Waals surface area (Å²) < 4.78 is 38.7. The van der Waals surface area contributed by atoms with Crippen LogP contribution in [-0.4, -0.2) is 32.5 Å². The van der Waals surface area contributed by atoms with Gasteiger partial charge in [0.1, 0.15) is 6.61 Å². The predicted molar refractivity (Wildman–Crippen MR) is 71.5 cm³/mol. The number of benzene rings is 1. The fourth-order valence-corrected chi connectivity index (χ4v) is 1.58. The van der Waals surface area contributed by atoms with Crippen LogP contribution in [0.4, 0.5) is 13.6 Å². The minimum Gasteiger partial charge on any atom is -0.490 e. The Labute approximate surface area is 121 Å². The second-order valence-electron chi connectivity index (χ2n) is 3.94. The van der Waals surface area contributed by atoms with Gasteiger partial charge in [-0.1, -0.05) is 6.07 Å². The average Bonchev–Trinajstić information content (AvgIpc) is 2.40. The maximum absolute atomic E-state index is 12.3. The van der Waals surface area contributed by atoms with Gasteiger partial charge in [-0.2, -0.15) is 8.78 Å². The van der Waals surface area contributed by atoms with E-state index in [4.69, 9.17) is 10.5 Å². The Morgan fingerprint density at radius 1 is 1.38 bits per heavy atom. The molecule has 0 saturated carbocycles. The van der Waals surface area contributed by atoms with E-state index in [0.29, 0.717) is 19.7 Å². The molecule has 8 heteroatoms. The number of rotatable bonds is 9. The number of hydrogen-bond acceptors (Lipinski definition) is 5. The number of halogens is 2. The molecule has 1 amide bonds. The molecule has 0 unspecified atom stereocenters. The zero-order chi connectivity index (χ0) is 15.7. The molecule has 0 bridgehead atoms. The van der Waals surface area contributed by atoms with E-state index in [-0.39, 0.29) is 18.1 Å². The molecular formula is C13H18F2N2O4. The number of carbonyl (C=O) groups is 1. The van der Waals surface area contributed by atoms with Crippen molar-refractivity contribution >= 4 is 6.09 Å². The number of amides is 1. The van der Waals surface area contributed by atoms with Gasteiger partial charge < -0.3 is 25.3 Å². The third-order valence-corrected chi connectivity index (χ3v) is 2.38. The van der Waals surface area contributed by atoms with Gasteiger partial charge in [0.15, 0.2) is 11.5 Å². The van der Waals surface area contributed by atoms with Crippen molar-refractivity contribution in [3.8, 4) is 11.5 Å². The average molecular weight is 304 g/mol. The molecular weight excluding hydrogens is 286 g/mol. The molecule has 3 N–H and O–H groups in total. The summed E-state index contributed by atoms with van der Waals surface area (Å²) in [5.74, 6) is 0.248. The molecule has 1 rings (SSSR count). The molecule has 0 radical (unpaired) electrons. The fourth-order valence-electron chi connectivity index (χ4n) is 1.58. The van der Waals surface area contributed by atoms with Crippen molar-refractivity contribution in [3.05, 3.63) is 23.8 Å². The lowest BCUT2D eigenvalue weighted by molar-refractivity contribution is -0.0514. The lowest BCUT2D eigenvalue weighted by atomic mass is 10.2. The quantitative estimate of drug-likeness (QED) is 0.681. The molecule has 1 aromatic rings. The molecule has 0 fully saturated rings. The topological polar surface area (TPSA) is 82.8 Å². The number of nitrogens with two attached hydrogens (primary N) is 1. The highest BCUT2D eigenvalue weighted by Crippen LogP contribution is 2.29. The van der Waals surface area contributed by atoms with Crippen LogP contribution in [0.3, 0.4) is 0 Å². The highest BCUT2D eigenvalue weighted by Gasteiger charge is 2.11. The number of hydrogen-bond donors (Lipinski definition) is 2. The zero-order valence-corrected chi connectivity index (χ0v) is 11.6. The van der Waals surface area contributed by atoms with Gasteiger partial charge in [-0.3, -0.25) is 0 Å². The van der Waals surface area contributed by atoms with Gasteiger partial charge in [0.25, 0.3) is 0 Å². The van der Waals surface area contributed by atoms with Crippen molar-refractivity contribution in [2.45, 2.75) is 20.1 Å². The summed E-state index contributed by atoms with van der Waals surface area (Å²) in [4.78, 5) is 10.4. The Morgan fingerprint density at radius 3 is 2.76 bits per heavy atom. The Bertz CT molecular complexity index is 458. The molecule has 0 atom stereocenters. The molecule has 0 aliphatic carbocycles. The van der Waals surface area contributed by atoms with E-state index < -0.39 is 12.7 Å². The molecule has 118 valence electrons. The monoisotopic (exact) mass is 304 g/mol. The summed E-state index contributed by atoms with van der Waals surface area (Å²) in [6.45, 7) is 0.208. The van der Waals surface area contributed by atoms with Crippen LogP contribution >= 0.6 is 0 Å². The Morgan fingerprint density at radius 2 is 2.14 bits per heavy atom. The molecule has 0 saturated heterocycles. The van der Waals surface area contributed by atoms with E-state index in [1.54, 1.807) is 19.1 Å². The number of carbonyl (C=O) groups excluding carboxylic acids is 1. The first kappa shape index (κ1) is 17.0. The molecule has 0 heterocycles. The van der Waals surface area contributed by atoms with Crippen LogP contribution in [0.1, 0.15) is 12.5 Å². The highest BCUT2D eigenvalue weighted by atomic mass is 19.3. The minimum atomic E-state index is -2.90.